The second kappa shape index (κ2) is 5.61. The molecule has 0 heterocycles. The lowest BCUT2D eigenvalue weighted by Gasteiger charge is -2.19. The SMILES string of the molecule is CN(CC(F)F)c1ccc(CNC2CC2)cc1F. The second-order valence-electron chi connectivity index (χ2n) is 4.71. The van der Waals surface area contributed by atoms with Crippen LogP contribution in [-0.4, -0.2) is 26.1 Å². The molecule has 1 saturated carbocycles. The maximum absolute atomic E-state index is 13.8. The molecular formula is C13H17F3N2. The van der Waals surface area contributed by atoms with Gasteiger partial charge in [0, 0.05) is 19.6 Å². The Bertz CT molecular complexity index is 405. The van der Waals surface area contributed by atoms with Crippen molar-refractivity contribution in [3.05, 3.63) is 29.6 Å². The Morgan fingerprint density at radius 3 is 2.67 bits per heavy atom. The Kier molecular flexibility index (Phi) is 4.11. The molecule has 1 aliphatic rings. The molecule has 5 heteroatoms. The molecule has 0 unspecified atom stereocenters. The molecule has 1 N–H and O–H groups in total. The Balaban J connectivity index is 1.99. The lowest BCUT2D eigenvalue weighted by Crippen LogP contribution is -2.25. The van der Waals surface area contributed by atoms with Crippen molar-refractivity contribution in [2.24, 2.45) is 0 Å². The predicted octanol–water partition coefficient (Wildman–Crippen LogP) is 2.78. The summed E-state index contributed by atoms with van der Waals surface area (Å²) in [7, 11) is 1.46. The lowest BCUT2D eigenvalue weighted by atomic mass is 10.2. The van der Waals surface area contributed by atoms with Gasteiger partial charge in [0.2, 0.25) is 0 Å². The first kappa shape index (κ1) is 13.2. The normalized spacial score (nSPS) is 15.2. The van der Waals surface area contributed by atoms with Crippen LogP contribution < -0.4 is 10.2 Å². The zero-order valence-electron chi connectivity index (χ0n) is 10.3. The van der Waals surface area contributed by atoms with Crippen LogP contribution in [0.2, 0.25) is 0 Å². The molecule has 1 aromatic carbocycles. The Labute approximate surface area is 105 Å². The van der Waals surface area contributed by atoms with Crippen LogP contribution in [0.3, 0.4) is 0 Å². The third-order valence-corrected chi connectivity index (χ3v) is 3.01. The van der Waals surface area contributed by atoms with Crippen molar-refractivity contribution < 1.29 is 13.2 Å². The van der Waals surface area contributed by atoms with Gasteiger partial charge in [0.15, 0.2) is 0 Å². The highest BCUT2D eigenvalue weighted by atomic mass is 19.3. The fourth-order valence-electron chi connectivity index (χ4n) is 1.82. The van der Waals surface area contributed by atoms with E-state index in [2.05, 4.69) is 5.32 Å². The Hall–Kier alpha value is -1.23. The van der Waals surface area contributed by atoms with Crippen LogP contribution in [0.1, 0.15) is 18.4 Å². The van der Waals surface area contributed by atoms with Gasteiger partial charge in [-0.3, -0.25) is 0 Å². The smallest absolute Gasteiger partial charge is 0.255 e. The van der Waals surface area contributed by atoms with Gasteiger partial charge in [-0.2, -0.15) is 0 Å². The summed E-state index contributed by atoms with van der Waals surface area (Å²) < 4.78 is 38.2. The lowest BCUT2D eigenvalue weighted by molar-refractivity contribution is 0.156. The molecule has 2 nitrogen and oxygen atoms in total. The second-order valence-corrected chi connectivity index (χ2v) is 4.71. The molecule has 0 bridgehead atoms. The van der Waals surface area contributed by atoms with Gasteiger partial charge in [0.05, 0.1) is 12.2 Å². The van der Waals surface area contributed by atoms with Crippen molar-refractivity contribution in [2.75, 3.05) is 18.5 Å². The molecule has 1 fully saturated rings. The predicted molar refractivity (Wildman–Crippen MR) is 65.5 cm³/mol. The summed E-state index contributed by atoms with van der Waals surface area (Å²) in [6.45, 7) is 0.164. The first-order chi connectivity index (χ1) is 8.56. The summed E-state index contributed by atoms with van der Waals surface area (Å²) >= 11 is 0. The van der Waals surface area contributed by atoms with Crippen LogP contribution >= 0.6 is 0 Å². The summed E-state index contributed by atoms with van der Waals surface area (Å²) in [4.78, 5) is 1.23. The molecule has 0 atom stereocenters. The first-order valence-corrected chi connectivity index (χ1v) is 6.07. The van der Waals surface area contributed by atoms with Crippen LogP contribution in [0.4, 0.5) is 18.9 Å². The van der Waals surface area contributed by atoms with Gasteiger partial charge < -0.3 is 10.2 Å². The highest BCUT2D eigenvalue weighted by Gasteiger charge is 2.20. The van der Waals surface area contributed by atoms with Gasteiger partial charge in [0.1, 0.15) is 5.82 Å². The highest BCUT2D eigenvalue weighted by molar-refractivity contribution is 5.48. The van der Waals surface area contributed by atoms with Crippen molar-refractivity contribution in [3.63, 3.8) is 0 Å². The minimum Gasteiger partial charge on any atom is -0.367 e. The Morgan fingerprint density at radius 2 is 2.11 bits per heavy atom. The molecule has 0 spiro atoms. The molecule has 18 heavy (non-hydrogen) atoms. The van der Waals surface area contributed by atoms with Gasteiger partial charge in [-0.15, -0.1) is 0 Å². The number of anilines is 1. The zero-order valence-corrected chi connectivity index (χ0v) is 10.3. The Morgan fingerprint density at radius 1 is 1.39 bits per heavy atom. The number of alkyl halides is 2. The summed E-state index contributed by atoms with van der Waals surface area (Å²) in [5, 5.41) is 3.28. The minimum atomic E-state index is -2.47. The van der Waals surface area contributed by atoms with Crippen molar-refractivity contribution in [1.29, 1.82) is 0 Å². The van der Waals surface area contributed by atoms with Crippen LogP contribution in [0.15, 0.2) is 18.2 Å². The molecule has 1 aromatic rings. The minimum absolute atomic E-state index is 0.213. The number of benzene rings is 1. The molecule has 1 aliphatic carbocycles. The van der Waals surface area contributed by atoms with E-state index in [9.17, 15) is 13.2 Å². The van der Waals surface area contributed by atoms with Crippen molar-refractivity contribution in [2.45, 2.75) is 31.9 Å². The summed E-state index contributed by atoms with van der Waals surface area (Å²) in [5.41, 5.74) is 1.05. The molecule has 0 aliphatic heterocycles. The van der Waals surface area contributed by atoms with Crippen LogP contribution in [0.25, 0.3) is 0 Å². The maximum atomic E-state index is 13.8. The molecule has 0 aromatic heterocycles. The third kappa shape index (κ3) is 3.63. The molecule has 0 radical (unpaired) electrons. The summed E-state index contributed by atoms with van der Waals surface area (Å²) in [6.07, 6.45) is -0.110. The maximum Gasteiger partial charge on any atom is 0.255 e. The first-order valence-electron chi connectivity index (χ1n) is 6.07. The third-order valence-electron chi connectivity index (χ3n) is 3.01. The van der Waals surface area contributed by atoms with E-state index in [0.29, 0.717) is 12.6 Å². The van der Waals surface area contributed by atoms with E-state index < -0.39 is 18.8 Å². The van der Waals surface area contributed by atoms with Crippen molar-refractivity contribution in [3.8, 4) is 0 Å². The molecular weight excluding hydrogens is 241 g/mol. The number of hydrogen-bond donors (Lipinski definition) is 1. The van der Waals surface area contributed by atoms with Crippen molar-refractivity contribution in [1.82, 2.24) is 5.32 Å². The van der Waals surface area contributed by atoms with Gasteiger partial charge in [-0.1, -0.05) is 6.07 Å². The summed E-state index contributed by atoms with van der Waals surface area (Å²) in [5.74, 6) is -0.451. The zero-order chi connectivity index (χ0) is 13.1. The van der Waals surface area contributed by atoms with Crippen LogP contribution in [0.5, 0.6) is 0 Å². The van der Waals surface area contributed by atoms with E-state index in [1.807, 2.05) is 0 Å². The number of nitrogens with zero attached hydrogens (tertiary/aromatic N) is 1. The molecule has 0 amide bonds. The van der Waals surface area contributed by atoms with Gasteiger partial charge in [-0.25, -0.2) is 13.2 Å². The highest BCUT2D eigenvalue weighted by Crippen LogP contribution is 2.22. The van der Waals surface area contributed by atoms with E-state index in [0.717, 1.165) is 5.56 Å². The summed E-state index contributed by atoms with van der Waals surface area (Å²) in [6, 6.07) is 5.30. The van der Waals surface area contributed by atoms with E-state index in [1.165, 1.54) is 30.9 Å². The molecule has 2 rings (SSSR count). The fraction of sp³-hybridized carbons (Fsp3) is 0.538. The number of hydrogen-bond acceptors (Lipinski definition) is 2. The van der Waals surface area contributed by atoms with E-state index in [1.54, 1.807) is 12.1 Å². The standard InChI is InChI=1S/C13H17F3N2/c1-18(8-13(15)16)12-5-2-9(6-11(12)14)7-17-10-3-4-10/h2,5-6,10,13,17H,3-4,7-8H2,1H3. The van der Waals surface area contributed by atoms with Gasteiger partial charge in [-0.05, 0) is 30.5 Å². The topological polar surface area (TPSA) is 15.3 Å². The average Bonchev–Trinajstić information content (AvgIpc) is 3.09. The quantitative estimate of drug-likeness (QED) is 0.844. The van der Waals surface area contributed by atoms with E-state index >= 15 is 0 Å². The monoisotopic (exact) mass is 258 g/mol. The van der Waals surface area contributed by atoms with E-state index in [4.69, 9.17) is 0 Å². The fourth-order valence-corrected chi connectivity index (χ4v) is 1.82. The number of halogens is 3. The largest absolute Gasteiger partial charge is 0.367 e. The van der Waals surface area contributed by atoms with Gasteiger partial charge in [0.25, 0.3) is 6.43 Å². The van der Waals surface area contributed by atoms with Crippen LogP contribution in [0, 0.1) is 5.82 Å². The molecule has 100 valence electrons. The van der Waals surface area contributed by atoms with Gasteiger partial charge >= 0.3 is 0 Å². The number of nitrogens with one attached hydrogen (secondary N) is 1. The van der Waals surface area contributed by atoms with Crippen LogP contribution in [-0.2, 0) is 6.54 Å². The van der Waals surface area contributed by atoms with E-state index in [-0.39, 0.29) is 5.69 Å². The van der Waals surface area contributed by atoms with Crippen molar-refractivity contribution >= 4 is 5.69 Å². The molecule has 0 saturated heterocycles. The average molecular weight is 258 g/mol. The number of rotatable bonds is 6.